The lowest BCUT2D eigenvalue weighted by Gasteiger charge is -2.12. The highest BCUT2D eigenvalue weighted by Crippen LogP contribution is 2.16. The molecule has 1 atom stereocenters. The predicted octanol–water partition coefficient (Wildman–Crippen LogP) is 2.87. The molecule has 1 aromatic carbocycles. The minimum absolute atomic E-state index is 0.0458. The zero-order chi connectivity index (χ0) is 10.6. The van der Waals surface area contributed by atoms with E-state index >= 15 is 0 Å². The predicted molar refractivity (Wildman–Crippen MR) is 58.1 cm³/mol. The van der Waals surface area contributed by atoms with Crippen molar-refractivity contribution in [3.63, 3.8) is 0 Å². The fourth-order valence-corrected chi connectivity index (χ4v) is 1.33. The van der Waals surface area contributed by atoms with Crippen molar-refractivity contribution in [2.45, 2.75) is 13.0 Å². The minimum atomic E-state index is -0.416. The fourth-order valence-electron chi connectivity index (χ4n) is 1.07. The molecular formula is C10H12BrNO2. The van der Waals surface area contributed by atoms with Gasteiger partial charge in [0.15, 0.2) is 0 Å². The summed E-state index contributed by atoms with van der Waals surface area (Å²) in [5.41, 5.74) is 1.04. The van der Waals surface area contributed by atoms with Crippen molar-refractivity contribution in [3.8, 4) is 0 Å². The number of nitrogens with one attached hydrogen (secondary N) is 1. The fraction of sp³-hybridized carbons (Fsp3) is 0.300. The summed E-state index contributed by atoms with van der Waals surface area (Å²) >= 11 is 3.35. The first-order chi connectivity index (χ1) is 6.63. The van der Waals surface area contributed by atoms with Crippen LogP contribution in [0.2, 0.25) is 0 Å². The van der Waals surface area contributed by atoms with E-state index in [0.29, 0.717) is 0 Å². The second-order valence-electron chi connectivity index (χ2n) is 2.91. The van der Waals surface area contributed by atoms with E-state index < -0.39 is 6.09 Å². The van der Waals surface area contributed by atoms with Gasteiger partial charge in [-0.1, -0.05) is 28.1 Å². The molecule has 0 fully saturated rings. The second-order valence-corrected chi connectivity index (χ2v) is 3.82. The molecule has 0 saturated carbocycles. The largest absolute Gasteiger partial charge is 0.453 e. The Balaban J connectivity index is 2.65. The maximum atomic E-state index is 10.9. The van der Waals surface area contributed by atoms with Crippen LogP contribution < -0.4 is 5.32 Å². The number of hydrogen-bond donors (Lipinski definition) is 1. The van der Waals surface area contributed by atoms with Crippen LogP contribution in [0, 0.1) is 0 Å². The number of amides is 1. The molecule has 0 aliphatic rings. The smallest absolute Gasteiger partial charge is 0.407 e. The van der Waals surface area contributed by atoms with E-state index in [9.17, 15) is 4.79 Å². The van der Waals surface area contributed by atoms with E-state index in [4.69, 9.17) is 0 Å². The summed E-state index contributed by atoms with van der Waals surface area (Å²) in [6.07, 6.45) is -0.416. The highest BCUT2D eigenvalue weighted by molar-refractivity contribution is 9.10. The number of ether oxygens (including phenoxy) is 1. The summed E-state index contributed by atoms with van der Waals surface area (Å²) in [4.78, 5) is 10.9. The molecule has 3 nitrogen and oxygen atoms in total. The average molecular weight is 258 g/mol. The third kappa shape index (κ3) is 3.03. The monoisotopic (exact) mass is 257 g/mol. The molecule has 1 rings (SSSR count). The Labute approximate surface area is 91.6 Å². The Bertz CT molecular complexity index is 310. The van der Waals surface area contributed by atoms with Crippen molar-refractivity contribution < 1.29 is 9.53 Å². The van der Waals surface area contributed by atoms with E-state index in [2.05, 4.69) is 26.0 Å². The van der Waals surface area contributed by atoms with Crippen LogP contribution in [-0.2, 0) is 4.74 Å². The first-order valence-corrected chi connectivity index (χ1v) is 5.02. The molecule has 14 heavy (non-hydrogen) atoms. The van der Waals surface area contributed by atoms with Gasteiger partial charge >= 0.3 is 6.09 Å². The normalized spacial score (nSPS) is 11.9. The van der Waals surface area contributed by atoms with Crippen LogP contribution in [0.4, 0.5) is 4.79 Å². The molecule has 1 amide bonds. The lowest BCUT2D eigenvalue weighted by Crippen LogP contribution is -2.26. The maximum absolute atomic E-state index is 10.9. The molecule has 0 bridgehead atoms. The molecule has 1 aromatic rings. The first-order valence-electron chi connectivity index (χ1n) is 4.23. The van der Waals surface area contributed by atoms with E-state index in [-0.39, 0.29) is 6.04 Å². The summed E-state index contributed by atoms with van der Waals surface area (Å²) in [5.74, 6) is 0. The third-order valence-electron chi connectivity index (χ3n) is 1.89. The van der Waals surface area contributed by atoms with Crippen LogP contribution in [-0.4, -0.2) is 13.2 Å². The van der Waals surface area contributed by atoms with Crippen LogP contribution >= 0.6 is 15.9 Å². The Morgan fingerprint density at radius 2 is 2.00 bits per heavy atom. The molecule has 0 aromatic heterocycles. The highest BCUT2D eigenvalue weighted by atomic mass is 79.9. The number of hydrogen-bond acceptors (Lipinski definition) is 2. The number of rotatable bonds is 2. The van der Waals surface area contributed by atoms with E-state index in [1.807, 2.05) is 31.2 Å². The third-order valence-corrected chi connectivity index (χ3v) is 2.42. The van der Waals surface area contributed by atoms with Crippen molar-refractivity contribution in [1.82, 2.24) is 5.32 Å². The van der Waals surface area contributed by atoms with Gasteiger partial charge < -0.3 is 10.1 Å². The lowest BCUT2D eigenvalue weighted by atomic mass is 10.1. The van der Waals surface area contributed by atoms with Crippen molar-refractivity contribution in [2.24, 2.45) is 0 Å². The van der Waals surface area contributed by atoms with Gasteiger partial charge in [-0.25, -0.2) is 4.79 Å². The quantitative estimate of drug-likeness (QED) is 0.885. The molecule has 1 unspecified atom stereocenters. The summed E-state index contributed by atoms with van der Waals surface area (Å²) in [6.45, 7) is 1.90. The van der Waals surface area contributed by atoms with Crippen molar-refractivity contribution in [1.29, 1.82) is 0 Å². The van der Waals surface area contributed by atoms with Gasteiger partial charge in [0, 0.05) is 4.47 Å². The van der Waals surface area contributed by atoms with Gasteiger partial charge in [-0.2, -0.15) is 0 Å². The summed E-state index contributed by atoms with van der Waals surface area (Å²) in [5, 5.41) is 2.69. The number of carbonyl (C=O) groups excluding carboxylic acids is 1. The van der Waals surface area contributed by atoms with E-state index in [1.54, 1.807) is 0 Å². The van der Waals surface area contributed by atoms with Gasteiger partial charge in [-0.15, -0.1) is 0 Å². The Morgan fingerprint density at radius 3 is 2.50 bits per heavy atom. The summed E-state index contributed by atoms with van der Waals surface area (Å²) < 4.78 is 5.53. The zero-order valence-electron chi connectivity index (χ0n) is 8.08. The Morgan fingerprint density at radius 1 is 1.43 bits per heavy atom. The molecular weight excluding hydrogens is 246 g/mol. The number of alkyl carbamates (subject to hydrolysis) is 1. The van der Waals surface area contributed by atoms with E-state index in [0.717, 1.165) is 10.0 Å². The van der Waals surface area contributed by atoms with Crippen molar-refractivity contribution >= 4 is 22.0 Å². The van der Waals surface area contributed by atoms with Gasteiger partial charge in [0.25, 0.3) is 0 Å². The van der Waals surface area contributed by atoms with Crippen LogP contribution in [0.3, 0.4) is 0 Å². The molecule has 0 saturated heterocycles. The average Bonchev–Trinajstić information content (AvgIpc) is 2.18. The topological polar surface area (TPSA) is 38.3 Å². The number of methoxy groups -OCH3 is 1. The summed E-state index contributed by atoms with van der Waals surface area (Å²) in [6, 6.07) is 7.72. The number of halogens is 1. The highest BCUT2D eigenvalue weighted by Gasteiger charge is 2.08. The number of benzene rings is 1. The van der Waals surface area contributed by atoms with Crippen molar-refractivity contribution in [2.75, 3.05) is 7.11 Å². The van der Waals surface area contributed by atoms with Crippen LogP contribution in [0.25, 0.3) is 0 Å². The standard InChI is InChI=1S/C10H12BrNO2/c1-7(12-10(13)14-2)8-3-5-9(11)6-4-8/h3-7H,1-2H3,(H,12,13). The van der Waals surface area contributed by atoms with Crippen LogP contribution in [0.1, 0.15) is 18.5 Å². The molecule has 0 spiro atoms. The molecule has 0 aliphatic carbocycles. The first kappa shape index (κ1) is 11.0. The molecule has 1 N–H and O–H groups in total. The van der Waals surface area contributed by atoms with Gasteiger partial charge in [-0.3, -0.25) is 0 Å². The molecule has 0 aliphatic heterocycles. The van der Waals surface area contributed by atoms with Gasteiger partial charge in [0.1, 0.15) is 0 Å². The maximum Gasteiger partial charge on any atom is 0.407 e. The second kappa shape index (κ2) is 5.00. The van der Waals surface area contributed by atoms with Gasteiger partial charge in [-0.05, 0) is 24.6 Å². The van der Waals surface area contributed by atoms with Crippen LogP contribution in [0.5, 0.6) is 0 Å². The molecule has 0 radical (unpaired) electrons. The lowest BCUT2D eigenvalue weighted by molar-refractivity contribution is 0.167. The zero-order valence-corrected chi connectivity index (χ0v) is 9.67. The molecule has 0 heterocycles. The van der Waals surface area contributed by atoms with E-state index in [1.165, 1.54) is 7.11 Å². The Kier molecular flexibility index (Phi) is 3.95. The summed E-state index contributed by atoms with van der Waals surface area (Å²) in [7, 11) is 1.35. The van der Waals surface area contributed by atoms with Gasteiger partial charge in [0.05, 0.1) is 13.2 Å². The van der Waals surface area contributed by atoms with Gasteiger partial charge in [0.2, 0.25) is 0 Å². The van der Waals surface area contributed by atoms with Crippen molar-refractivity contribution in [3.05, 3.63) is 34.3 Å². The Hall–Kier alpha value is -1.03. The number of carbonyl (C=O) groups is 1. The van der Waals surface area contributed by atoms with Crippen LogP contribution in [0.15, 0.2) is 28.7 Å². The molecule has 4 heteroatoms. The minimum Gasteiger partial charge on any atom is -0.453 e. The molecule has 76 valence electrons. The SMILES string of the molecule is COC(=O)NC(C)c1ccc(Br)cc1.